The van der Waals surface area contributed by atoms with Crippen LogP contribution in [0.15, 0.2) is 29.3 Å². The lowest BCUT2D eigenvalue weighted by Crippen LogP contribution is -2.38. The van der Waals surface area contributed by atoms with Crippen molar-refractivity contribution in [2.45, 2.75) is 52.6 Å². The highest BCUT2D eigenvalue weighted by atomic mass is 16.5. The molecule has 142 valence electrons. The quantitative estimate of drug-likeness (QED) is 0.364. The molecule has 1 rings (SSSR count). The van der Waals surface area contributed by atoms with E-state index in [0.717, 1.165) is 44.2 Å². The van der Waals surface area contributed by atoms with E-state index in [4.69, 9.17) is 4.74 Å². The topological polar surface area (TPSA) is 65.9 Å². The van der Waals surface area contributed by atoms with Crippen LogP contribution in [0, 0.1) is 0 Å². The number of nitrogens with one attached hydrogen (secondary N) is 2. The average molecular weight is 350 g/mol. The van der Waals surface area contributed by atoms with Crippen LogP contribution in [0.25, 0.3) is 0 Å². The van der Waals surface area contributed by atoms with Gasteiger partial charge in [0, 0.05) is 26.3 Å². The Morgan fingerprint density at radius 1 is 1.16 bits per heavy atom. The monoisotopic (exact) mass is 349 g/mol. The molecule has 0 saturated heterocycles. The van der Waals surface area contributed by atoms with E-state index < -0.39 is 6.10 Å². The van der Waals surface area contributed by atoms with Gasteiger partial charge in [-0.1, -0.05) is 45.0 Å². The summed E-state index contributed by atoms with van der Waals surface area (Å²) in [4.78, 5) is 4.48. The molecule has 25 heavy (non-hydrogen) atoms. The zero-order valence-corrected chi connectivity index (χ0v) is 16.4. The van der Waals surface area contributed by atoms with Gasteiger partial charge in [-0.25, -0.2) is 0 Å². The summed E-state index contributed by atoms with van der Waals surface area (Å²) < 4.78 is 5.32. The number of aliphatic hydroxyl groups is 1. The minimum absolute atomic E-state index is 0.116. The van der Waals surface area contributed by atoms with E-state index in [2.05, 4.69) is 48.5 Å². The maximum absolute atomic E-state index is 10.4. The number of hydrogen-bond donors (Lipinski definition) is 3. The Bertz CT molecular complexity index is 507. The second-order valence-corrected chi connectivity index (χ2v) is 7.08. The summed E-state index contributed by atoms with van der Waals surface area (Å²) in [6.45, 7) is 14.0. The van der Waals surface area contributed by atoms with Crippen LogP contribution in [0.1, 0.15) is 58.3 Å². The van der Waals surface area contributed by atoms with Crippen LogP contribution in [0.4, 0.5) is 0 Å². The highest BCUT2D eigenvalue weighted by Crippen LogP contribution is 2.24. The van der Waals surface area contributed by atoms with Crippen LogP contribution >= 0.6 is 0 Å². The second-order valence-electron chi connectivity index (χ2n) is 7.08. The van der Waals surface area contributed by atoms with Crippen molar-refractivity contribution in [1.82, 2.24) is 10.6 Å². The van der Waals surface area contributed by atoms with Gasteiger partial charge in [0.1, 0.15) is 0 Å². The molecule has 0 spiro atoms. The molecule has 0 radical (unpaired) electrons. The van der Waals surface area contributed by atoms with Crippen molar-refractivity contribution in [3.05, 3.63) is 35.4 Å². The third kappa shape index (κ3) is 8.36. The average Bonchev–Trinajstić information content (AvgIpc) is 2.58. The number of nitrogens with zero attached hydrogens (tertiary/aromatic N) is 1. The van der Waals surface area contributed by atoms with Crippen LogP contribution in [0.2, 0.25) is 0 Å². The van der Waals surface area contributed by atoms with Gasteiger partial charge in [0.25, 0.3) is 0 Å². The Morgan fingerprint density at radius 3 is 2.40 bits per heavy atom. The first-order chi connectivity index (χ1) is 11.9. The summed E-state index contributed by atoms with van der Waals surface area (Å²) in [5.74, 6) is 0.726. The third-order valence-corrected chi connectivity index (χ3v) is 3.89. The Balaban J connectivity index is 2.56. The summed E-state index contributed by atoms with van der Waals surface area (Å²) in [6, 6.07) is 8.14. The minimum atomic E-state index is -0.604. The predicted octanol–water partition coefficient (Wildman–Crippen LogP) is 3.00. The first kappa shape index (κ1) is 21.5. The molecule has 5 heteroatoms. The van der Waals surface area contributed by atoms with Crippen LogP contribution in [0.3, 0.4) is 0 Å². The Hall–Kier alpha value is -1.59. The molecule has 1 aromatic rings. The highest BCUT2D eigenvalue weighted by molar-refractivity contribution is 5.79. The smallest absolute Gasteiger partial charge is 0.191 e. The van der Waals surface area contributed by atoms with E-state index in [1.807, 2.05) is 26.0 Å². The normalized spacial score (nSPS) is 13.6. The molecule has 0 aliphatic carbocycles. The van der Waals surface area contributed by atoms with Crippen molar-refractivity contribution >= 4 is 5.96 Å². The van der Waals surface area contributed by atoms with Crippen LogP contribution in [0.5, 0.6) is 0 Å². The Kier molecular flexibility index (Phi) is 9.53. The third-order valence-electron chi connectivity index (χ3n) is 3.89. The fraction of sp³-hybridized carbons (Fsp3) is 0.650. The second kappa shape index (κ2) is 11.1. The van der Waals surface area contributed by atoms with Crippen molar-refractivity contribution in [3.63, 3.8) is 0 Å². The van der Waals surface area contributed by atoms with E-state index in [1.54, 1.807) is 0 Å². The number of hydrogen-bond acceptors (Lipinski definition) is 3. The maximum atomic E-state index is 10.4. The Labute approximate surface area is 152 Å². The summed E-state index contributed by atoms with van der Waals surface area (Å²) in [7, 11) is 0. The SMILES string of the molecule is CCNC(=NCC(O)c1ccc(C(C)(C)C)cc1)NCCCOCC. The molecule has 1 atom stereocenters. The lowest BCUT2D eigenvalue weighted by Gasteiger charge is -2.20. The zero-order valence-electron chi connectivity index (χ0n) is 16.4. The first-order valence-corrected chi connectivity index (χ1v) is 9.26. The predicted molar refractivity (Wildman–Crippen MR) is 105 cm³/mol. The van der Waals surface area contributed by atoms with E-state index in [9.17, 15) is 5.11 Å². The van der Waals surface area contributed by atoms with Gasteiger partial charge in [0.05, 0.1) is 12.6 Å². The Morgan fingerprint density at radius 2 is 1.84 bits per heavy atom. The summed E-state index contributed by atoms with van der Waals surface area (Å²) in [5, 5.41) is 16.8. The number of guanidine groups is 1. The summed E-state index contributed by atoms with van der Waals surface area (Å²) >= 11 is 0. The molecule has 0 aromatic heterocycles. The lowest BCUT2D eigenvalue weighted by molar-refractivity contribution is 0.145. The summed E-state index contributed by atoms with van der Waals surface area (Å²) in [6.07, 6.45) is 0.322. The van der Waals surface area contributed by atoms with Crippen molar-refractivity contribution < 1.29 is 9.84 Å². The van der Waals surface area contributed by atoms with E-state index >= 15 is 0 Å². The van der Waals surface area contributed by atoms with Gasteiger partial charge in [-0.15, -0.1) is 0 Å². The van der Waals surface area contributed by atoms with Gasteiger partial charge in [0.2, 0.25) is 0 Å². The molecular weight excluding hydrogens is 314 g/mol. The standard InChI is InChI=1S/C20H35N3O2/c1-6-21-19(22-13-8-14-25-7-2)23-15-18(24)16-9-11-17(12-10-16)20(3,4)5/h9-12,18,24H,6-8,13-15H2,1-5H3,(H2,21,22,23). The number of aliphatic imine (C=N–C) groups is 1. The van der Waals surface area contributed by atoms with Crippen molar-refractivity contribution in [2.24, 2.45) is 4.99 Å². The number of ether oxygens (including phenoxy) is 1. The van der Waals surface area contributed by atoms with E-state index in [0.29, 0.717) is 6.54 Å². The fourth-order valence-corrected chi connectivity index (χ4v) is 2.36. The minimum Gasteiger partial charge on any atom is -0.386 e. The molecule has 0 saturated carbocycles. The molecule has 1 unspecified atom stereocenters. The molecule has 0 heterocycles. The number of benzene rings is 1. The molecule has 0 bridgehead atoms. The van der Waals surface area contributed by atoms with Gasteiger partial charge in [-0.3, -0.25) is 4.99 Å². The molecule has 1 aromatic carbocycles. The number of aliphatic hydroxyl groups excluding tert-OH is 1. The van der Waals surface area contributed by atoms with Gasteiger partial charge in [0.15, 0.2) is 5.96 Å². The van der Waals surface area contributed by atoms with Crippen LogP contribution in [-0.2, 0) is 10.2 Å². The largest absolute Gasteiger partial charge is 0.386 e. The van der Waals surface area contributed by atoms with Gasteiger partial charge in [-0.2, -0.15) is 0 Å². The van der Waals surface area contributed by atoms with E-state index in [1.165, 1.54) is 5.56 Å². The molecule has 0 aliphatic rings. The van der Waals surface area contributed by atoms with Crippen molar-refractivity contribution in [1.29, 1.82) is 0 Å². The molecular formula is C20H35N3O2. The van der Waals surface area contributed by atoms with Crippen molar-refractivity contribution in [2.75, 3.05) is 32.8 Å². The molecule has 3 N–H and O–H groups in total. The fourth-order valence-electron chi connectivity index (χ4n) is 2.36. The molecule has 5 nitrogen and oxygen atoms in total. The van der Waals surface area contributed by atoms with Crippen molar-refractivity contribution in [3.8, 4) is 0 Å². The number of rotatable bonds is 9. The zero-order chi connectivity index (χ0) is 18.7. The molecule has 0 amide bonds. The summed E-state index contributed by atoms with van der Waals surface area (Å²) in [5.41, 5.74) is 2.27. The van der Waals surface area contributed by atoms with E-state index in [-0.39, 0.29) is 5.41 Å². The lowest BCUT2D eigenvalue weighted by atomic mass is 9.86. The van der Waals surface area contributed by atoms with Gasteiger partial charge >= 0.3 is 0 Å². The maximum Gasteiger partial charge on any atom is 0.191 e. The van der Waals surface area contributed by atoms with Gasteiger partial charge in [-0.05, 0) is 36.8 Å². The first-order valence-electron chi connectivity index (χ1n) is 9.26. The van der Waals surface area contributed by atoms with Crippen LogP contribution in [-0.4, -0.2) is 43.9 Å². The highest BCUT2D eigenvalue weighted by Gasteiger charge is 2.14. The molecule has 0 aliphatic heterocycles. The molecule has 0 fully saturated rings. The van der Waals surface area contributed by atoms with Gasteiger partial charge < -0.3 is 20.5 Å². The van der Waals surface area contributed by atoms with Crippen LogP contribution < -0.4 is 10.6 Å².